The molecule has 2 rings (SSSR count). The van der Waals surface area contributed by atoms with Crippen LogP contribution in [0.1, 0.15) is 24.6 Å². The van der Waals surface area contributed by atoms with E-state index in [1.807, 2.05) is 13.8 Å². The highest BCUT2D eigenvalue weighted by molar-refractivity contribution is 7.13. The Morgan fingerprint density at radius 3 is 3.00 bits per heavy atom. The summed E-state index contributed by atoms with van der Waals surface area (Å²) in [5, 5.41) is 11.5. The van der Waals surface area contributed by atoms with Crippen LogP contribution in [0.5, 0.6) is 0 Å². The first-order chi connectivity index (χ1) is 6.75. The summed E-state index contributed by atoms with van der Waals surface area (Å²) in [6.45, 7) is 3.83. The van der Waals surface area contributed by atoms with Gasteiger partial charge in [0.1, 0.15) is 17.3 Å². The highest BCUT2D eigenvalue weighted by Gasteiger charge is 2.11. The molecule has 0 fully saturated rings. The van der Waals surface area contributed by atoms with Gasteiger partial charge in [0.25, 0.3) is 0 Å². The molecule has 0 spiro atoms. The molecule has 14 heavy (non-hydrogen) atoms. The lowest BCUT2D eigenvalue weighted by molar-refractivity contribution is 0.453. The number of hydrogen-bond acceptors (Lipinski definition) is 6. The second kappa shape index (κ2) is 3.75. The number of nitrogens with one attached hydrogen (secondary N) is 1. The highest BCUT2D eigenvalue weighted by atomic mass is 32.1. The van der Waals surface area contributed by atoms with E-state index in [0.717, 1.165) is 10.9 Å². The minimum Gasteiger partial charge on any atom is -0.444 e. The molecule has 0 aliphatic rings. The molecule has 2 aromatic rings. The fourth-order valence-corrected chi connectivity index (χ4v) is 1.59. The van der Waals surface area contributed by atoms with E-state index in [4.69, 9.17) is 4.42 Å². The molecule has 1 unspecified atom stereocenters. The van der Waals surface area contributed by atoms with Gasteiger partial charge >= 0.3 is 0 Å². The van der Waals surface area contributed by atoms with Crippen LogP contribution in [0.4, 0.5) is 5.13 Å². The van der Waals surface area contributed by atoms with Crippen LogP contribution in [-0.2, 0) is 0 Å². The van der Waals surface area contributed by atoms with Crippen LogP contribution in [0.15, 0.2) is 16.1 Å². The molecule has 74 valence electrons. The summed E-state index contributed by atoms with van der Waals surface area (Å²) in [6.07, 6.45) is 1.70. The Kier molecular flexibility index (Phi) is 2.45. The average Bonchev–Trinajstić information content (AvgIpc) is 2.75. The second-order valence-corrected chi connectivity index (χ2v) is 3.75. The van der Waals surface area contributed by atoms with Gasteiger partial charge in [-0.1, -0.05) is 11.3 Å². The van der Waals surface area contributed by atoms with E-state index >= 15 is 0 Å². The van der Waals surface area contributed by atoms with E-state index in [-0.39, 0.29) is 6.04 Å². The predicted octanol–water partition coefficient (Wildman–Crippen LogP) is 2.01. The molecule has 2 heterocycles. The van der Waals surface area contributed by atoms with Gasteiger partial charge < -0.3 is 9.73 Å². The van der Waals surface area contributed by atoms with Crippen LogP contribution >= 0.6 is 11.3 Å². The standard InChI is InChI=1S/C8H10N4OS/c1-5-3-9-7(13-5)6(2)11-8-12-10-4-14-8/h3-4,6H,1-2H3,(H,11,12). The van der Waals surface area contributed by atoms with Crippen LogP contribution in [0.25, 0.3) is 0 Å². The number of aryl methyl sites for hydroxylation is 1. The van der Waals surface area contributed by atoms with Crippen LogP contribution in [0, 0.1) is 6.92 Å². The van der Waals surface area contributed by atoms with Crippen molar-refractivity contribution in [3.05, 3.63) is 23.4 Å². The molecule has 1 atom stereocenters. The van der Waals surface area contributed by atoms with Crippen molar-refractivity contribution in [1.29, 1.82) is 0 Å². The summed E-state index contributed by atoms with van der Waals surface area (Å²) in [5.74, 6) is 1.48. The molecule has 0 radical (unpaired) electrons. The average molecular weight is 210 g/mol. The maximum atomic E-state index is 5.38. The smallest absolute Gasteiger partial charge is 0.216 e. The van der Waals surface area contributed by atoms with E-state index < -0.39 is 0 Å². The number of rotatable bonds is 3. The lowest BCUT2D eigenvalue weighted by Crippen LogP contribution is -2.06. The van der Waals surface area contributed by atoms with Gasteiger partial charge in [-0.3, -0.25) is 0 Å². The summed E-state index contributed by atoms with van der Waals surface area (Å²) >= 11 is 1.45. The van der Waals surface area contributed by atoms with Crippen molar-refractivity contribution >= 4 is 16.5 Å². The molecule has 1 N–H and O–H groups in total. The minimum atomic E-state index is 0.0108. The number of oxazole rings is 1. The van der Waals surface area contributed by atoms with E-state index in [0.29, 0.717) is 5.89 Å². The molecule has 0 aliphatic heterocycles. The molecule has 0 bridgehead atoms. The van der Waals surface area contributed by atoms with Crippen LogP contribution in [-0.4, -0.2) is 15.2 Å². The number of anilines is 1. The van der Waals surface area contributed by atoms with Gasteiger partial charge in [-0.05, 0) is 13.8 Å². The molecule has 0 saturated carbocycles. The van der Waals surface area contributed by atoms with E-state index in [1.54, 1.807) is 11.7 Å². The topological polar surface area (TPSA) is 63.8 Å². The van der Waals surface area contributed by atoms with Crippen molar-refractivity contribution in [2.75, 3.05) is 5.32 Å². The van der Waals surface area contributed by atoms with Crippen molar-refractivity contribution in [2.45, 2.75) is 19.9 Å². The third-order valence-corrected chi connectivity index (χ3v) is 2.33. The number of aromatic nitrogens is 3. The van der Waals surface area contributed by atoms with Crippen molar-refractivity contribution in [3.8, 4) is 0 Å². The van der Waals surface area contributed by atoms with E-state index in [9.17, 15) is 0 Å². The van der Waals surface area contributed by atoms with Gasteiger partial charge in [0.05, 0.1) is 6.20 Å². The fourth-order valence-electron chi connectivity index (χ4n) is 1.06. The van der Waals surface area contributed by atoms with E-state index in [1.165, 1.54) is 11.3 Å². The molecule has 0 aromatic carbocycles. The summed E-state index contributed by atoms with van der Waals surface area (Å²) in [6, 6.07) is 0.0108. The largest absolute Gasteiger partial charge is 0.444 e. The summed E-state index contributed by atoms with van der Waals surface area (Å²) in [7, 11) is 0. The van der Waals surface area contributed by atoms with Crippen molar-refractivity contribution < 1.29 is 4.42 Å². The molecular weight excluding hydrogens is 200 g/mol. The lowest BCUT2D eigenvalue weighted by Gasteiger charge is -2.07. The molecule has 0 amide bonds. The molecular formula is C8H10N4OS. The Morgan fingerprint density at radius 1 is 1.57 bits per heavy atom. The quantitative estimate of drug-likeness (QED) is 0.839. The zero-order valence-electron chi connectivity index (χ0n) is 7.89. The van der Waals surface area contributed by atoms with Gasteiger partial charge in [0.2, 0.25) is 11.0 Å². The molecule has 0 saturated heterocycles. The minimum absolute atomic E-state index is 0.0108. The van der Waals surface area contributed by atoms with Crippen molar-refractivity contribution in [2.24, 2.45) is 0 Å². The van der Waals surface area contributed by atoms with Crippen molar-refractivity contribution in [3.63, 3.8) is 0 Å². The first-order valence-electron chi connectivity index (χ1n) is 4.21. The van der Waals surface area contributed by atoms with E-state index in [2.05, 4.69) is 20.5 Å². The summed E-state index contributed by atoms with van der Waals surface area (Å²) in [4.78, 5) is 4.12. The normalized spacial score (nSPS) is 12.7. The van der Waals surface area contributed by atoms with Gasteiger partial charge in [0, 0.05) is 0 Å². The van der Waals surface area contributed by atoms with Gasteiger partial charge in [-0.25, -0.2) is 4.98 Å². The SMILES string of the molecule is Cc1cnc(C(C)Nc2nncs2)o1. The first kappa shape index (κ1) is 9.14. The number of nitrogens with zero attached hydrogens (tertiary/aromatic N) is 3. The maximum Gasteiger partial charge on any atom is 0.216 e. The second-order valence-electron chi connectivity index (χ2n) is 2.92. The van der Waals surface area contributed by atoms with Crippen LogP contribution < -0.4 is 5.32 Å². The van der Waals surface area contributed by atoms with Crippen LogP contribution in [0.3, 0.4) is 0 Å². The molecule has 2 aromatic heterocycles. The summed E-state index contributed by atoms with van der Waals surface area (Å²) in [5.41, 5.74) is 1.68. The molecule has 6 heteroatoms. The molecule has 5 nitrogen and oxygen atoms in total. The van der Waals surface area contributed by atoms with Crippen molar-refractivity contribution in [1.82, 2.24) is 15.2 Å². The Balaban J connectivity index is 2.06. The maximum absolute atomic E-state index is 5.38. The van der Waals surface area contributed by atoms with Crippen LogP contribution in [0.2, 0.25) is 0 Å². The third-order valence-electron chi connectivity index (χ3n) is 1.71. The summed E-state index contributed by atoms with van der Waals surface area (Å²) < 4.78 is 5.38. The lowest BCUT2D eigenvalue weighted by atomic mass is 10.3. The zero-order chi connectivity index (χ0) is 9.97. The first-order valence-corrected chi connectivity index (χ1v) is 5.08. The Labute approximate surface area is 85.2 Å². The predicted molar refractivity (Wildman–Crippen MR) is 53.2 cm³/mol. The van der Waals surface area contributed by atoms with Gasteiger partial charge in [-0.2, -0.15) is 0 Å². The highest BCUT2D eigenvalue weighted by Crippen LogP contribution is 2.19. The monoisotopic (exact) mass is 210 g/mol. The number of hydrogen-bond donors (Lipinski definition) is 1. The fraction of sp³-hybridized carbons (Fsp3) is 0.375. The zero-order valence-corrected chi connectivity index (χ0v) is 8.71. The Bertz CT molecular complexity index is 397. The Morgan fingerprint density at radius 2 is 2.43 bits per heavy atom. The van der Waals surface area contributed by atoms with Gasteiger partial charge in [-0.15, -0.1) is 10.2 Å². The Hall–Kier alpha value is -1.43. The van der Waals surface area contributed by atoms with Gasteiger partial charge in [0.15, 0.2) is 0 Å². The third kappa shape index (κ3) is 1.90. The molecule has 0 aliphatic carbocycles.